The van der Waals surface area contributed by atoms with Gasteiger partial charge in [0.25, 0.3) is 5.91 Å². The summed E-state index contributed by atoms with van der Waals surface area (Å²) in [5.74, 6) is -0.615. The Bertz CT molecular complexity index is 958. The van der Waals surface area contributed by atoms with Gasteiger partial charge in [0.05, 0.1) is 29.9 Å². The summed E-state index contributed by atoms with van der Waals surface area (Å²) < 4.78 is 45.5. The van der Waals surface area contributed by atoms with Crippen LogP contribution in [0.5, 0.6) is 0 Å². The molecule has 3 heterocycles. The summed E-state index contributed by atoms with van der Waals surface area (Å²) >= 11 is 0. The fraction of sp³-hybridized carbons (Fsp3) is 0.333. The van der Waals surface area contributed by atoms with Crippen molar-refractivity contribution in [2.75, 3.05) is 18.5 Å². The molecular weight excluding hydrogens is 353 g/mol. The van der Waals surface area contributed by atoms with Gasteiger partial charge in [-0.1, -0.05) is 5.21 Å². The number of halogens is 3. The molecule has 0 aliphatic carbocycles. The monoisotopic (exact) mass is 366 g/mol. The molecule has 2 aromatic heterocycles. The van der Waals surface area contributed by atoms with Gasteiger partial charge in [-0.2, -0.15) is 18.3 Å². The van der Waals surface area contributed by atoms with E-state index in [1.165, 1.54) is 12.3 Å². The van der Waals surface area contributed by atoms with Crippen molar-refractivity contribution in [3.05, 3.63) is 35.7 Å². The molecule has 1 amide bonds. The van der Waals surface area contributed by atoms with E-state index >= 15 is 0 Å². The zero-order valence-electron chi connectivity index (χ0n) is 13.2. The molecule has 11 heteroatoms. The summed E-state index contributed by atoms with van der Waals surface area (Å²) in [5.41, 5.74) is -0.408. The van der Waals surface area contributed by atoms with Crippen LogP contribution in [0.4, 0.5) is 19.0 Å². The van der Waals surface area contributed by atoms with E-state index in [2.05, 4.69) is 25.8 Å². The number of nitrogens with one attached hydrogen (secondary N) is 2. The number of anilines is 1. The van der Waals surface area contributed by atoms with Gasteiger partial charge < -0.3 is 10.1 Å². The van der Waals surface area contributed by atoms with Gasteiger partial charge >= 0.3 is 6.18 Å². The summed E-state index contributed by atoms with van der Waals surface area (Å²) in [7, 11) is 0. The number of amides is 1. The predicted molar refractivity (Wildman–Crippen MR) is 83.5 cm³/mol. The number of benzene rings is 1. The maximum atomic E-state index is 12.9. The smallest absolute Gasteiger partial charge is 0.379 e. The molecule has 0 bridgehead atoms. The SMILES string of the molecule is O=C(Nc1n[nH]c2ccc(C(F)(F)F)cc12)c1cn([C@H]2CCOC2)nn1. The topological polar surface area (TPSA) is 97.7 Å². The molecule has 8 nitrogen and oxygen atoms in total. The Hall–Kier alpha value is -2.95. The number of alkyl halides is 3. The first-order chi connectivity index (χ1) is 12.4. The van der Waals surface area contributed by atoms with Crippen LogP contribution in [0.2, 0.25) is 0 Å². The third kappa shape index (κ3) is 3.01. The number of rotatable bonds is 3. The van der Waals surface area contributed by atoms with Crippen molar-refractivity contribution in [1.29, 1.82) is 0 Å². The van der Waals surface area contributed by atoms with Crippen LogP contribution < -0.4 is 5.32 Å². The van der Waals surface area contributed by atoms with Crippen molar-refractivity contribution < 1.29 is 22.7 Å². The molecule has 0 spiro atoms. The highest BCUT2D eigenvalue weighted by atomic mass is 19.4. The van der Waals surface area contributed by atoms with E-state index in [0.717, 1.165) is 18.6 Å². The van der Waals surface area contributed by atoms with Crippen LogP contribution in [0.15, 0.2) is 24.4 Å². The summed E-state index contributed by atoms with van der Waals surface area (Å²) in [5, 5.41) is 16.8. The van der Waals surface area contributed by atoms with Crippen molar-refractivity contribution in [1.82, 2.24) is 25.2 Å². The molecule has 26 heavy (non-hydrogen) atoms. The van der Waals surface area contributed by atoms with E-state index in [9.17, 15) is 18.0 Å². The first kappa shape index (κ1) is 16.5. The van der Waals surface area contributed by atoms with Gasteiger partial charge in [-0.25, -0.2) is 4.68 Å². The minimum absolute atomic E-state index is 0.00477. The Morgan fingerprint density at radius 1 is 1.38 bits per heavy atom. The number of fused-ring (bicyclic) bond motifs is 1. The Morgan fingerprint density at radius 2 is 2.23 bits per heavy atom. The van der Waals surface area contributed by atoms with Crippen molar-refractivity contribution in [2.24, 2.45) is 0 Å². The Morgan fingerprint density at radius 3 is 2.96 bits per heavy atom. The first-order valence-corrected chi connectivity index (χ1v) is 7.78. The molecule has 1 aliphatic rings. The normalized spacial score (nSPS) is 17.7. The Labute approximate surface area is 144 Å². The van der Waals surface area contributed by atoms with E-state index in [1.54, 1.807) is 4.68 Å². The highest BCUT2D eigenvalue weighted by molar-refractivity contribution is 6.06. The standard InChI is InChI=1S/C15H13F3N6O2/c16-15(17,18)8-1-2-11-10(5-8)13(22-20-11)19-14(25)12-6-24(23-21-12)9-3-4-26-7-9/h1-2,5-6,9H,3-4,7H2,(H2,19,20,22,25)/t9-/m0/s1. The lowest BCUT2D eigenvalue weighted by molar-refractivity contribution is -0.137. The van der Waals surface area contributed by atoms with E-state index in [-0.39, 0.29) is 22.9 Å². The molecule has 1 saturated heterocycles. The molecule has 1 atom stereocenters. The van der Waals surface area contributed by atoms with E-state index < -0.39 is 17.6 Å². The summed E-state index contributed by atoms with van der Waals surface area (Å²) in [6, 6.07) is 3.16. The number of ether oxygens (including phenoxy) is 1. The van der Waals surface area contributed by atoms with Gasteiger partial charge in [0.15, 0.2) is 11.5 Å². The number of hydrogen-bond donors (Lipinski definition) is 2. The summed E-state index contributed by atoms with van der Waals surface area (Å²) in [6.45, 7) is 1.11. The number of aromatic amines is 1. The molecule has 136 valence electrons. The number of carbonyl (C=O) groups excluding carboxylic acids is 1. The third-order valence-corrected chi connectivity index (χ3v) is 4.14. The average molecular weight is 366 g/mol. The lowest BCUT2D eigenvalue weighted by Crippen LogP contribution is -2.13. The molecule has 0 saturated carbocycles. The van der Waals surface area contributed by atoms with Crippen LogP contribution in [0.25, 0.3) is 10.9 Å². The summed E-state index contributed by atoms with van der Waals surface area (Å²) in [4.78, 5) is 12.3. The Balaban J connectivity index is 1.57. The molecule has 0 radical (unpaired) electrons. The van der Waals surface area contributed by atoms with Crippen LogP contribution in [0, 0.1) is 0 Å². The number of carbonyl (C=O) groups is 1. The van der Waals surface area contributed by atoms with E-state index in [4.69, 9.17) is 4.74 Å². The lowest BCUT2D eigenvalue weighted by Gasteiger charge is -2.06. The van der Waals surface area contributed by atoms with Gasteiger partial charge in [0.1, 0.15) is 0 Å². The number of aromatic nitrogens is 5. The molecule has 0 unspecified atom stereocenters. The van der Waals surface area contributed by atoms with Crippen molar-refractivity contribution in [3.63, 3.8) is 0 Å². The van der Waals surface area contributed by atoms with Gasteiger partial charge in [0, 0.05) is 12.0 Å². The number of H-pyrrole nitrogens is 1. The quantitative estimate of drug-likeness (QED) is 0.742. The molecule has 3 aromatic rings. The van der Waals surface area contributed by atoms with Crippen LogP contribution in [-0.4, -0.2) is 44.3 Å². The number of hydrogen-bond acceptors (Lipinski definition) is 5. The zero-order chi connectivity index (χ0) is 18.3. The fourth-order valence-corrected chi connectivity index (χ4v) is 2.75. The fourth-order valence-electron chi connectivity index (χ4n) is 2.75. The van der Waals surface area contributed by atoms with E-state index in [0.29, 0.717) is 18.7 Å². The van der Waals surface area contributed by atoms with E-state index in [1.807, 2.05) is 0 Å². The van der Waals surface area contributed by atoms with Gasteiger partial charge in [-0.15, -0.1) is 5.10 Å². The molecule has 1 aliphatic heterocycles. The van der Waals surface area contributed by atoms with Crippen LogP contribution in [0.1, 0.15) is 28.5 Å². The van der Waals surface area contributed by atoms with Crippen molar-refractivity contribution in [2.45, 2.75) is 18.6 Å². The van der Waals surface area contributed by atoms with Crippen molar-refractivity contribution >= 4 is 22.6 Å². The second-order valence-electron chi connectivity index (χ2n) is 5.89. The largest absolute Gasteiger partial charge is 0.416 e. The maximum absolute atomic E-state index is 12.9. The summed E-state index contributed by atoms with van der Waals surface area (Å²) in [6.07, 6.45) is -2.24. The van der Waals surface area contributed by atoms with Gasteiger partial charge in [-0.3, -0.25) is 9.89 Å². The van der Waals surface area contributed by atoms with Crippen LogP contribution in [-0.2, 0) is 10.9 Å². The highest BCUT2D eigenvalue weighted by Gasteiger charge is 2.31. The maximum Gasteiger partial charge on any atom is 0.416 e. The minimum Gasteiger partial charge on any atom is -0.379 e. The second-order valence-corrected chi connectivity index (χ2v) is 5.89. The molecule has 2 N–H and O–H groups in total. The van der Waals surface area contributed by atoms with Gasteiger partial charge in [0.2, 0.25) is 0 Å². The predicted octanol–water partition coefficient (Wildman–Crippen LogP) is 2.39. The first-order valence-electron chi connectivity index (χ1n) is 7.78. The number of nitrogens with zero attached hydrogens (tertiary/aromatic N) is 4. The highest BCUT2D eigenvalue weighted by Crippen LogP contribution is 2.32. The Kier molecular flexibility index (Phi) is 3.87. The zero-order valence-corrected chi connectivity index (χ0v) is 13.2. The third-order valence-electron chi connectivity index (χ3n) is 4.14. The van der Waals surface area contributed by atoms with Crippen LogP contribution in [0.3, 0.4) is 0 Å². The van der Waals surface area contributed by atoms with Crippen LogP contribution >= 0.6 is 0 Å². The molecule has 1 aromatic carbocycles. The van der Waals surface area contributed by atoms with Crippen molar-refractivity contribution in [3.8, 4) is 0 Å². The van der Waals surface area contributed by atoms with Gasteiger partial charge in [-0.05, 0) is 24.6 Å². The minimum atomic E-state index is -4.49. The molecule has 1 fully saturated rings. The lowest BCUT2D eigenvalue weighted by atomic mass is 10.1. The average Bonchev–Trinajstić information content (AvgIpc) is 3.34. The molecule has 4 rings (SSSR count). The second kappa shape index (κ2) is 6.09. The molecular formula is C15H13F3N6O2.